The van der Waals surface area contributed by atoms with Crippen LogP contribution >= 0.6 is 0 Å². The number of hydrogen-bond acceptors (Lipinski definition) is 8. The Kier molecular flexibility index (Phi) is 3.54. The molecule has 5 fully saturated rings. The molecule has 28 heavy (non-hydrogen) atoms. The van der Waals surface area contributed by atoms with Crippen LogP contribution in [0.25, 0.3) is 0 Å². The molecule has 0 aromatic heterocycles. The molecular formula is C20H28O8. The average molecular weight is 396 g/mol. The summed E-state index contributed by atoms with van der Waals surface area (Å²) in [6.07, 6.45) is -3.02. The standard InChI is InChI=1S/C20H28O8/c1-7(2)10-11-17(23)26-12(10)13(25-5)18(4)19(14-15(27-14)20(11,18)24)6-9(8(3)21)16(22)28-19/h7-15,21,24H,6H2,1-5H3. The quantitative estimate of drug-likeness (QED) is 0.507. The van der Waals surface area contributed by atoms with Crippen molar-refractivity contribution in [1.29, 1.82) is 0 Å². The van der Waals surface area contributed by atoms with Gasteiger partial charge in [0.1, 0.15) is 30.0 Å². The van der Waals surface area contributed by atoms with Crippen LogP contribution in [-0.4, -0.2) is 71.0 Å². The van der Waals surface area contributed by atoms with Crippen molar-refractivity contribution in [3.05, 3.63) is 0 Å². The van der Waals surface area contributed by atoms with Gasteiger partial charge in [0.25, 0.3) is 0 Å². The fourth-order valence-electron chi connectivity index (χ4n) is 7.10. The molecule has 8 heteroatoms. The summed E-state index contributed by atoms with van der Waals surface area (Å²) >= 11 is 0. The van der Waals surface area contributed by atoms with Gasteiger partial charge in [-0.25, -0.2) is 0 Å². The van der Waals surface area contributed by atoms with Crippen molar-refractivity contribution >= 4 is 11.9 Å². The van der Waals surface area contributed by atoms with Gasteiger partial charge in [0, 0.05) is 19.4 Å². The summed E-state index contributed by atoms with van der Waals surface area (Å²) in [7, 11) is 1.53. The van der Waals surface area contributed by atoms with Gasteiger partial charge in [-0.05, 0) is 12.8 Å². The maximum Gasteiger partial charge on any atom is 0.312 e. The zero-order valence-corrected chi connectivity index (χ0v) is 16.7. The lowest BCUT2D eigenvalue weighted by atomic mass is 9.50. The van der Waals surface area contributed by atoms with E-state index in [2.05, 4.69) is 0 Å². The van der Waals surface area contributed by atoms with Gasteiger partial charge >= 0.3 is 11.9 Å². The molecule has 2 aliphatic carbocycles. The zero-order valence-electron chi connectivity index (χ0n) is 16.7. The Morgan fingerprint density at radius 1 is 1.18 bits per heavy atom. The van der Waals surface area contributed by atoms with Crippen LogP contribution < -0.4 is 0 Å². The Balaban J connectivity index is 1.70. The highest BCUT2D eigenvalue weighted by atomic mass is 16.7. The molecule has 2 bridgehead atoms. The fraction of sp³-hybridized carbons (Fsp3) is 0.900. The molecule has 0 radical (unpaired) electrons. The summed E-state index contributed by atoms with van der Waals surface area (Å²) in [6, 6.07) is 0. The summed E-state index contributed by atoms with van der Waals surface area (Å²) in [5.74, 6) is -2.57. The van der Waals surface area contributed by atoms with Gasteiger partial charge < -0.3 is 29.2 Å². The van der Waals surface area contributed by atoms with Crippen molar-refractivity contribution < 1.29 is 38.7 Å². The first-order valence-corrected chi connectivity index (χ1v) is 10.1. The van der Waals surface area contributed by atoms with Gasteiger partial charge in [0.2, 0.25) is 0 Å². The van der Waals surface area contributed by atoms with Crippen molar-refractivity contribution in [2.45, 2.75) is 75.8 Å². The number of epoxide rings is 1. The molecule has 3 saturated heterocycles. The lowest BCUT2D eigenvalue weighted by Gasteiger charge is -2.58. The van der Waals surface area contributed by atoms with E-state index in [0.717, 1.165) is 0 Å². The third kappa shape index (κ3) is 1.70. The van der Waals surface area contributed by atoms with Gasteiger partial charge in [-0.1, -0.05) is 20.8 Å². The van der Waals surface area contributed by atoms with Crippen LogP contribution in [0.2, 0.25) is 0 Å². The first-order chi connectivity index (χ1) is 13.1. The minimum atomic E-state index is -1.58. The lowest BCUT2D eigenvalue weighted by molar-refractivity contribution is -0.283. The number of methoxy groups -OCH3 is 1. The van der Waals surface area contributed by atoms with Gasteiger partial charge in [0.05, 0.1) is 23.4 Å². The molecule has 0 aromatic rings. The molecule has 0 aromatic carbocycles. The average Bonchev–Trinajstić information content (AvgIpc) is 3.21. The molecule has 2 N–H and O–H groups in total. The maximum atomic E-state index is 12.9. The second-order valence-electron chi connectivity index (χ2n) is 9.72. The van der Waals surface area contributed by atoms with Crippen LogP contribution in [0.5, 0.6) is 0 Å². The highest BCUT2D eigenvalue weighted by Gasteiger charge is 2.93. The van der Waals surface area contributed by atoms with E-state index in [1.807, 2.05) is 20.8 Å². The van der Waals surface area contributed by atoms with E-state index in [4.69, 9.17) is 18.9 Å². The van der Waals surface area contributed by atoms with E-state index in [1.165, 1.54) is 7.11 Å². The third-order valence-electron chi connectivity index (χ3n) is 8.42. The highest BCUT2D eigenvalue weighted by molar-refractivity contribution is 5.81. The number of carbonyl (C=O) groups excluding carboxylic acids is 2. The monoisotopic (exact) mass is 396 g/mol. The molecule has 0 amide bonds. The maximum absolute atomic E-state index is 12.9. The molecule has 3 heterocycles. The molecule has 2 saturated carbocycles. The molecule has 11 atom stereocenters. The minimum absolute atomic E-state index is 0.0813. The summed E-state index contributed by atoms with van der Waals surface area (Å²) in [5, 5.41) is 22.2. The van der Waals surface area contributed by atoms with Crippen LogP contribution in [0, 0.1) is 29.1 Å². The Labute approximate surface area is 163 Å². The number of fused-ring (bicyclic) bond motifs is 8. The van der Waals surface area contributed by atoms with E-state index in [1.54, 1.807) is 6.92 Å². The van der Waals surface area contributed by atoms with Crippen LogP contribution in [0.3, 0.4) is 0 Å². The number of esters is 2. The van der Waals surface area contributed by atoms with Crippen LogP contribution in [0.4, 0.5) is 0 Å². The van der Waals surface area contributed by atoms with E-state index >= 15 is 0 Å². The van der Waals surface area contributed by atoms with E-state index in [0.29, 0.717) is 0 Å². The van der Waals surface area contributed by atoms with Crippen LogP contribution in [-0.2, 0) is 28.5 Å². The zero-order chi connectivity index (χ0) is 20.4. The van der Waals surface area contributed by atoms with Gasteiger partial charge in [0.15, 0.2) is 5.60 Å². The normalized spacial score (nSPS) is 57.2. The number of aliphatic hydroxyl groups excluding tert-OH is 1. The highest BCUT2D eigenvalue weighted by Crippen LogP contribution is 2.75. The molecular weight excluding hydrogens is 368 g/mol. The lowest BCUT2D eigenvalue weighted by Crippen LogP contribution is -2.73. The number of ether oxygens (including phenoxy) is 4. The minimum Gasteiger partial charge on any atom is -0.459 e. The van der Waals surface area contributed by atoms with E-state index in [9.17, 15) is 19.8 Å². The smallest absolute Gasteiger partial charge is 0.312 e. The Bertz CT molecular complexity index is 750. The van der Waals surface area contributed by atoms with Gasteiger partial charge in [-0.3, -0.25) is 9.59 Å². The third-order valence-corrected chi connectivity index (χ3v) is 8.42. The van der Waals surface area contributed by atoms with Crippen LogP contribution in [0.15, 0.2) is 0 Å². The predicted octanol–water partition coefficient (Wildman–Crippen LogP) is 0.0299. The predicted molar refractivity (Wildman–Crippen MR) is 92.8 cm³/mol. The summed E-state index contributed by atoms with van der Waals surface area (Å²) in [6.45, 7) is 7.38. The number of carbonyl (C=O) groups is 2. The SMILES string of the molecule is COC1C2OC(=O)C(C2C(C)C)C2(O)C3OC3C3(CC(C(C)O)C(=O)O3)C12C. The van der Waals surface area contributed by atoms with E-state index < -0.39 is 70.9 Å². The first kappa shape index (κ1) is 18.8. The molecule has 8 nitrogen and oxygen atoms in total. The van der Waals surface area contributed by atoms with Gasteiger partial charge in [-0.2, -0.15) is 0 Å². The van der Waals surface area contributed by atoms with E-state index in [-0.39, 0.29) is 18.3 Å². The molecule has 1 spiro atoms. The Morgan fingerprint density at radius 3 is 2.39 bits per heavy atom. The second-order valence-corrected chi connectivity index (χ2v) is 9.72. The number of rotatable bonds is 3. The molecule has 11 unspecified atom stereocenters. The summed E-state index contributed by atoms with van der Waals surface area (Å²) < 4.78 is 23.4. The number of aliphatic hydroxyl groups is 2. The molecule has 3 aliphatic heterocycles. The molecule has 156 valence electrons. The van der Waals surface area contributed by atoms with Crippen molar-refractivity contribution in [1.82, 2.24) is 0 Å². The van der Waals surface area contributed by atoms with Crippen molar-refractivity contribution in [3.63, 3.8) is 0 Å². The topological polar surface area (TPSA) is 115 Å². The van der Waals surface area contributed by atoms with Gasteiger partial charge in [-0.15, -0.1) is 0 Å². The first-order valence-electron chi connectivity index (χ1n) is 10.1. The van der Waals surface area contributed by atoms with Crippen molar-refractivity contribution in [2.75, 3.05) is 7.11 Å². The Morgan fingerprint density at radius 2 is 1.86 bits per heavy atom. The molecule has 5 aliphatic rings. The van der Waals surface area contributed by atoms with Crippen molar-refractivity contribution in [3.8, 4) is 0 Å². The summed E-state index contributed by atoms with van der Waals surface area (Å²) in [4.78, 5) is 25.5. The molecule has 5 rings (SSSR count). The van der Waals surface area contributed by atoms with Crippen LogP contribution in [0.1, 0.15) is 34.1 Å². The fourth-order valence-corrected chi connectivity index (χ4v) is 7.10. The summed E-state index contributed by atoms with van der Waals surface area (Å²) in [5.41, 5.74) is -3.85. The van der Waals surface area contributed by atoms with Crippen molar-refractivity contribution in [2.24, 2.45) is 29.1 Å². The Hall–Kier alpha value is -1.22. The second kappa shape index (κ2) is 5.28. The largest absolute Gasteiger partial charge is 0.459 e. The number of hydrogen-bond donors (Lipinski definition) is 2.